The molecule has 0 fully saturated rings. The van der Waals surface area contributed by atoms with Crippen molar-refractivity contribution >= 4 is 17.2 Å². The third kappa shape index (κ3) is 2.50. The van der Waals surface area contributed by atoms with Gasteiger partial charge >= 0.3 is 0 Å². The third-order valence-corrected chi connectivity index (χ3v) is 2.63. The Kier molecular flexibility index (Phi) is 3.19. The van der Waals surface area contributed by atoms with Crippen LogP contribution in [0.4, 0.5) is 8.78 Å². The summed E-state index contributed by atoms with van der Waals surface area (Å²) in [6, 6.07) is 7.38. The minimum atomic E-state index is -0.855. The minimum absolute atomic E-state index is 0.276. The lowest BCUT2D eigenvalue weighted by molar-refractivity contribution is 0.506. The largest absolute Gasteiger partial charge is 0.388 e. The normalized spacial score (nSPS) is 10.5. The van der Waals surface area contributed by atoms with Crippen molar-refractivity contribution in [1.82, 2.24) is 4.57 Å². The van der Waals surface area contributed by atoms with E-state index in [-0.39, 0.29) is 4.99 Å². The minimum Gasteiger partial charge on any atom is -0.388 e. The number of hydrogen-bond donors (Lipinski definition) is 1. The van der Waals surface area contributed by atoms with Crippen LogP contribution in [0, 0.1) is 11.6 Å². The van der Waals surface area contributed by atoms with Crippen molar-refractivity contribution in [2.45, 2.75) is 6.54 Å². The number of thiocarbonyl (C=S) groups is 1. The molecule has 2 nitrogen and oxygen atoms in total. The molecule has 1 aromatic carbocycles. The third-order valence-electron chi connectivity index (χ3n) is 2.42. The van der Waals surface area contributed by atoms with Gasteiger partial charge in [0, 0.05) is 12.7 Å². The van der Waals surface area contributed by atoms with E-state index in [0.29, 0.717) is 17.8 Å². The van der Waals surface area contributed by atoms with Crippen LogP contribution < -0.4 is 5.73 Å². The van der Waals surface area contributed by atoms with Crippen LogP contribution >= 0.6 is 12.2 Å². The zero-order valence-corrected chi connectivity index (χ0v) is 9.68. The van der Waals surface area contributed by atoms with Gasteiger partial charge in [-0.2, -0.15) is 0 Å². The van der Waals surface area contributed by atoms with Crippen molar-refractivity contribution in [1.29, 1.82) is 0 Å². The van der Waals surface area contributed by atoms with Gasteiger partial charge in [0.25, 0.3) is 0 Å². The molecule has 0 radical (unpaired) electrons. The van der Waals surface area contributed by atoms with Gasteiger partial charge in [-0.15, -0.1) is 0 Å². The Bertz CT molecular complexity index is 563. The number of benzene rings is 1. The fourth-order valence-electron chi connectivity index (χ4n) is 1.61. The summed E-state index contributed by atoms with van der Waals surface area (Å²) >= 11 is 4.89. The molecule has 2 rings (SSSR count). The fraction of sp³-hybridized carbons (Fsp3) is 0.0833. The highest BCUT2D eigenvalue weighted by Gasteiger charge is 2.06. The van der Waals surface area contributed by atoms with Gasteiger partial charge in [0.1, 0.15) is 4.99 Å². The molecule has 0 atom stereocenters. The maximum absolute atomic E-state index is 13.0. The predicted octanol–water partition coefficient (Wildman–Crippen LogP) is 2.45. The summed E-state index contributed by atoms with van der Waals surface area (Å²) in [5.74, 6) is -1.71. The van der Waals surface area contributed by atoms with Crippen molar-refractivity contribution in [2.24, 2.45) is 5.73 Å². The first kappa shape index (κ1) is 11.7. The van der Waals surface area contributed by atoms with Gasteiger partial charge in [0.15, 0.2) is 11.6 Å². The second-order valence-corrected chi connectivity index (χ2v) is 4.07. The van der Waals surface area contributed by atoms with Crippen LogP contribution in [0.1, 0.15) is 11.3 Å². The monoisotopic (exact) mass is 252 g/mol. The maximum Gasteiger partial charge on any atom is 0.159 e. The zero-order valence-electron chi connectivity index (χ0n) is 8.86. The topological polar surface area (TPSA) is 30.9 Å². The van der Waals surface area contributed by atoms with E-state index in [0.717, 1.165) is 6.07 Å². The van der Waals surface area contributed by atoms with Crippen LogP contribution in [0.3, 0.4) is 0 Å². The van der Waals surface area contributed by atoms with Gasteiger partial charge in [-0.3, -0.25) is 0 Å². The van der Waals surface area contributed by atoms with E-state index in [4.69, 9.17) is 18.0 Å². The van der Waals surface area contributed by atoms with Gasteiger partial charge in [-0.05, 0) is 29.8 Å². The molecule has 0 saturated carbocycles. The Morgan fingerprint density at radius 3 is 2.65 bits per heavy atom. The molecule has 0 aliphatic heterocycles. The summed E-state index contributed by atoms with van der Waals surface area (Å²) in [5, 5.41) is 0. The summed E-state index contributed by atoms with van der Waals surface area (Å²) in [6.45, 7) is 0.400. The summed E-state index contributed by atoms with van der Waals surface area (Å²) < 4.78 is 27.6. The molecular weight excluding hydrogens is 242 g/mol. The van der Waals surface area contributed by atoms with E-state index >= 15 is 0 Å². The van der Waals surface area contributed by atoms with Gasteiger partial charge in [0.2, 0.25) is 0 Å². The lowest BCUT2D eigenvalue weighted by atomic mass is 10.2. The Labute approximate surface area is 103 Å². The highest BCUT2D eigenvalue weighted by Crippen LogP contribution is 2.12. The van der Waals surface area contributed by atoms with Crippen molar-refractivity contribution in [2.75, 3.05) is 0 Å². The van der Waals surface area contributed by atoms with Crippen LogP contribution in [0.25, 0.3) is 0 Å². The molecule has 0 saturated heterocycles. The van der Waals surface area contributed by atoms with Gasteiger partial charge in [0.05, 0.1) is 5.69 Å². The van der Waals surface area contributed by atoms with Crippen molar-refractivity contribution < 1.29 is 8.78 Å². The molecule has 0 spiro atoms. The van der Waals surface area contributed by atoms with Crippen molar-refractivity contribution in [3.8, 4) is 0 Å². The smallest absolute Gasteiger partial charge is 0.159 e. The first-order valence-electron chi connectivity index (χ1n) is 4.97. The molecule has 2 aromatic rings. The number of nitrogens with zero attached hydrogens (tertiary/aromatic N) is 1. The first-order valence-corrected chi connectivity index (χ1v) is 5.37. The van der Waals surface area contributed by atoms with Crippen LogP contribution in [0.2, 0.25) is 0 Å². The summed E-state index contributed by atoms with van der Waals surface area (Å²) in [4.78, 5) is 0.276. The molecular formula is C12H10F2N2S. The standard InChI is InChI=1S/C12H10F2N2S/c13-9-4-3-8(6-10(9)14)7-16-5-1-2-11(16)12(15)17/h1-6H,7H2,(H2,15,17). The highest BCUT2D eigenvalue weighted by molar-refractivity contribution is 7.80. The Hall–Kier alpha value is -1.75. The highest BCUT2D eigenvalue weighted by atomic mass is 32.1. The van der Waals surface area contributed by atoms with E-state index in [1.165, 1.54) is 12.1 Å². The summed E-state index contributed by atoms with van der Waals surface area (Å²) in [6.07, 6.45) is 1.79. The number of nitrogens with two attached hydrogens (primary N) is 1. The molecule has 17 heavy (non-hydrogen) atoms. The van der Waals surface area contributed by atoms with Crippen LogP contribution in [0.5, 0.6) is 0 Å². The first-order chi connectivity index (χ1) is 8.08. The molecule has 1 heterocycles. The molecule has 0 amide bonds. The lowest BCUT2D eigenvalue weighted by Crippen LogP contribution is -2.15. The van der Waals surface area contributed by atoms with Crippen molar-refractivity contribution in [3.05, 3.63) is 59.4 Å². The van der Waals surface area contributed by atoms with Crippen LogP contribution in [-0.2, 0) is 6.54 Å². The van der Waals surface area contributed by atoms with E-state index in [2.05, 4.69) is 0 Å². The van der Waals surface area contributed by atoms with Crippen LogP contribution in [-0.4, -0.2) is 9.56 Å². The number of aromatic nitrogens is 1. The van der Waals surface area contributed by atoms with Crippen LogP contribution in [0.15, 0.2) is 36.5 Å². The molecule has 2 N–H and O–H groups in total. The average molecular weight is 252 g/mol. The van der Waals surface area contributed by atoms with Gasteiger partial charge in [-0.1, -0.05) is 18.3 Å². The Morgan fingerprint density at radius 2 is 2.00 bits per heavy atom. The lowest BCUT2D eigenvalue weighted by Gasteiger charge is -2.08. The molecule has 0 unspecified atom stereocenters. The number of rotatable bonds is 3. The summed E-state index contributed by atoms with van der Waals surface area (Å²) in [7, 11) is 0. The fourth-order valence-corrected chi connectivity index (χ4v) is 1.80. The predicted molar refractivity (Wildman–Crippen MR) is 65.8 cm³/mol. The van der Waals surface area contributed by atoms with E-state index in [1.54, 1.807) is 22.9 Å². The maximum atomic E-state index is 13.0. The van der Waals surface area contributed by atoms with Crippen molar-refractivity contribution in [3.63, 3.8) is 0 Å². The number of halogens is 2. The summed E-state index contributed by atoms with van der Waals surface area (Å²) in [5.41, 5.74) is 6.89. The Balaban J connectivity index is 2.28. The van der Waals surface area contributed by atoms with Gasteiger partial charge < -0.3 is 10.3 Å². The zero-order chi connectivity index (χ0) is 12.4. The molecule has 1 aromatic heterocycles. The quantitative estimate of drug-likeness (QED) is 0.851. The second-order valence-electron chi connectivity index (χ2n) is 3.63. The SMILES string of the molecule is NC(=S)c1cccn1Cc1ccc(F)c(F)c1. The molecule has 5 heteroatoms. The molecule has 0 aliphatic rings. The Morgan fingerprint density at radius 1 is 1.24 bits per heavy atom. The van der Waals surface area contributed by atoms with E-state index in [9.17, 15) is 8.78 Å². The molecule has 0 bridgehead atoms. The molecule has 88 valence electrons. The van der Waals surface area contributed by atoms with Gasteiger partial charge in [-0.25, -0.2) is 8.78 Å². The van der Waals surface area contributed by atoms with E-state index < -0.39 is 11.6 Å². The molecule has 0 aliphatic carbocycles. The second kappa shape index (κ2) is 4.63. The number of hydrogen-bond acceptors (Lipinski definition) is 1. The van der Waals surface area contributed by atoms with E-state index in [1.807, 2.05) is 0 Å². The average Bonchev–Trinajstić information content (AvgIpc) is 2.72.